The first-order valence-electron chi connectivity index (χ1n) is 7.35. The van der Waals surface area contributed by atoms with Crippen molar-refractivity contribution in [3.63, 3.8) is 0 Å². The van der Waals surface area contributed by atoms with Crippen LogP contribution in [0.15, 0.2) is 21.5 Å². The molecule has 1 fully saturated rings. The maximum absolute atomic E-state index is 13.1. The average Bonchev–Trinajstić information content (AvgIpc) is 2.83. The molecule has 2 N–H and O–H groups in total. The molecular weight excluding hydrogens is 352 g/mol. The van der Waals surface area contributed by atoms with Crippen molar-refractivity contribution < 1.29 is 8.42 Å². The van der Waals surface area contributed by atoms with Crippen LogP contribution in [0.4, 0.5) is 0 Å². The van der Waals surface area contributed by atoms with Crippen LogP contribution >= 0.6 is 15.9 Å². The van der Waals surface area contributed by atoms with E-state index in [0.29, 0.717) is 11.4 Å². The Balaban J connectivity index is 2.56. The molecule has 1 aromatic carbocycles. The lowest BCUT2D eigenvalue weighted by Gasteiger charge is -2.28. The van der Waals surface area contributed by atoms with Gasteiger partial charge in [-0.3, -0.25) is 0 Å². The van der Waals surface area contributed by atoms with Gasteiger partial charge in [-0.05, 0) is 56.4 Å². The van der Waals surface area contributed by atoms with Crippen LogP contribution in [0.3, 0.4) is 0 Å². The Kier molecular flexibility index (Phi) is 5.13. The molecule has 6 heteroatoms. The lowest BCUT2D eigenvalue weighted by Crippen LogP contribution is -2.40. The third-order valence-corrected chi connectivity index (χ3v) is 7.35. The molecule has 2 unspecified atom stereocenters. The summed E-state index contributed by atoms with van der Waals surface area (Å²) >= 11 is 3.45. The van der Waals surface area contributed by atoms with E-state index in [2.05, 4.69) is 15.9 Å². The molecule has 0 aromatic heterocycles. The van der Waals surface area contributed by atoms with E-state index in [1.54, 1.807) is 10.4 Å². The number of rotatable bonds is 4. The molecule has 1 aromatic rings. The van der Waals surface area contributed by atoms with Crippen LogP contribution in [0.5, 0.6) is 0 Å². The summed E-state index contributed by atoms with van der Waals surface area (Å²) in [5.74, 6) is 0. The van der Waals surface area contributed by atoms with Crippen LogP contribution in [0.1, 0.15) is 44.2 Å². The predicted molar refractivity (Wildman–Crippen MR) is 88.6 cm³/mol. The van der Waals surface area contributed by atoms with Crippen LogP contribution in [-0.4, -0.2) is 24.8 Å². The number of benzene rings is 1. The fourth-order valence-corrected chi connectivity index (χ4v) is 5.96. The standard InChI is InChI=1S/C15H23BrN2O2S/c1-4-13-6-5-10(2)18(13)21(19,20)15-8-12(9-17)7-14(16)11(15)3/h7-8,10,13H,4-6,9,17H2,1-3H3. The van der Waals surface area contributed by atoms with Crippen molar-refractivity contribution in [3.05, 3.63) is 27.7 Å². The number of sulfonamides is 1. The minimum absolute atomic E-state index is 0.0552. The minimum Gasteiger partial charge on any atom is -0.326 e. The smallest absolute Gasteiger partial charge is 0.243 e. The Labute approximate surface area is 135 Å². The fourth-order valence-electron chi connectivity index (χ4n) is 3.07. The Morgan fingerprint density at radius 1 is 1.38 bits per heavy atom. The van der Waals surface area contributed by atoms with E-state index in [4.69, 9.17) is 5.73 Å². The normalized spacial score (nSPS) is 23.7. The highest BCUT2D eigenvalue weighted by atomic mass is 79.9. The first-order valence-corrected chi connectivity index (χ1v) is 9.58. The Morgan fingerprint density at radius 3 is 2.62 bits per heavy atom. The van der Waals surface area contributed by atoms with Crippen molar-refractivity contribution in [3.8, 4) is 0 Å². The topological polar surface area (TPSA) is 63.4 Å². The highest BCUT2D eigenvalue weighted by Gasteiger charge is 2.39. The summed E-state index contributed by atoms with van der Waals surface area (Å²) in [6.45, 7) is 6.20. The van der Waals surface area contributed by atoms with E-state index in [-0.39, 0.29) is 12.1 Å². The SMILES string of the molecule is CCC1CCC(C)N1S(=O)(=O)c1cc(CN)cc(Br)c1C. The molecule has 0 radical (unpaired) electrons. The first-order chi connectivity index (χ1) is 9.82. The second-order valence-corrected chi connectivity index (χ2v) is 8.39. The predicted octanol–water partition coefficient (Wildman–Crippen LogP) is 3.17. The second-order valence-electron chi connectivity index (χ2n) is 5.73. The van der Waals surface area contributed by atoms with E-state index in [0.717, 1.165) is 34.9 Å². The molecule has 1 aliphatic rings. The highest BCUT2D eigenvalue weighted by Crippen LogP contribution is 2.35. The quantitative estimate of drug-likeness (QED) is 0.879. The molecule has 0 spiro atoms. The summed E-state index contributed by atoms with van der Waals surface area (Å²) in [5.41, 5.74) is 7.26. The number of nitrogens with two attached hydrogens (primary N) is 1. The summed E-state index contributed by atoms with van der Waals surface area (Å²) in [4.78, 5) is 0.379. The molecule has 2 rings (SSSR count). The molecule has 2 atom stereocenters. The van der Waals surface area contributed by atoms with Gasteiger partial charge in [-0.15, -0.1) is 0 Å². The fraction of sp³-hybridized carbons (Fsp3) is 0.600. The molecule has 1 aliphatic heterocycles. The maximum atomic E-state index is 13.1. The number of halogens is 1. The maximum Gasteiger partial charge on any atom is 0.243 e. The van der Waals surface area contributed by atoms with Crippen LogP contribution in [0, 0.1) is 6.92 Å². The first kappa shape index (κ1) is 16.9. The molecule has 0 amide bonds. The molecule has 21 heavy (non-hydrogen) atoms. The summed E-state index contributed by atoms with van der Waals surface area (Å²) in [5, 5.41) is 0. The molecule has 0 aliphatic carbocycles. The van der Waals surface area contributed by atoms with Gasteiger partial charge in [-0.25, -0.2) is 8.42 Å². The largest absolute Gasteiger partial charge is 0.326 e. The van der Waals surface area contributed by atoms with Crippen LogP contribution in [-0.2, 0) is 16.6 Å². The van der Waals surface area contributed by atoms with Gasteiger partial charge in [0.2, 0.25) is 10.0 Å². The molecule has 0 bridgehead atoms. The third-order valence-electron chi connectivity index (χ3n) is 4.33. The van der Waals surface area contributed by atoms with Gasteiger partial charge in [0.25, 0.3) is 0 Å². The highest BCUT2D eigenvalue weighted by molar-refractivity contribution is 9.10. The Morgan fingerprint density at radius 2 is 2.05 bits per heavy atom. The minimum atomic E-state index is -3.49. The second kappa shape index (κ2) is 6.36. The number of hydrogen-bond donors (Lipinski definition) is 1. The van der Waals surface area contributed by atoms with Crippen LogP contribution in [0.2, 0.25) is 0 Å². The van der Waals surface area contributed by atoms with Gasteiger partial charge in [0.15, 0.2) is 0 Å². The van der Waals surface area contributed by atoms with Crippen molar-refractivity contribution >= 4 is 26.0 Å². The summed E-state index contributed by atoms with van der Waals surface area (Å²) in [6.07, 6.45) is 2.71. The zero-order valence-corrected chi connectivity index (χ0v) is 15.2. The van der Waals surface area contributed by atoms with Crippen molar-refractivity contribution in [2.75, 3.05) is 0 Å². The van der Waals surface area contributed by atoms with Gasteiger partial charge < -0.3 is 5.73 Å². The molecule has 4 nitrogen and oxygen atoms in total. The number of nitrogens with zero attached hydrogens (tertiary/aromatic N) is 1. The van der Waals surface area contributed by atoms with E-state index in [1.165, 1.54) is 0 Å². The monoisotopic (exact) mass is 374 g/mol. The Bertz CT molecular complexity index is 631. The molecule has 1 heterocycles. The van der Waals surface area contributed by atoms with E-state index in [1.807, 2.05) is 26.8 Å². The van der Waals surface area contributed by atoms with E-state index < -0.39 is 10.0 Å². The zero-order chi connectivity index (χ0) is 15.8. The average molecular weight is 375 g/mol. The van der Waals surface area contributed by atoms with Gasteiger partial charge in [-0.1, -0.05) is 22.9 Å². The van der Waals surface area contributed by atoms with Gasteiger partial charge in [0, 0.05) is 23.1 Å². The summed E-state index contributed by atoms with van der Waals surface area (Å²) < 4.78 is 28.7. The molecule has 0 saturated carbocycles. The molecule has 1 saturated heterocycles. The molecule has 118 valence electrons. The Hall–Kier alpha value is -0.430. The van der Waals surface area contributed by atoms with Gasteiger partial charge in [-0.2, -0.15) is 4.31 Å². The lowest BCUT2D eigenvalue weighted by molar-refractivity contribution is 0.328. The molecular formula is C15H23BrN2O2S. The van der Waals surface area contributed by atoms with Crippen molar-refractivity contribution in [1.82, 2.24) is 4.31 Å². The summed E-state index contributed by atoms with van der Waals surface area (Å²) in [7, 11) is -3.49. The lowest BCUT2D eigenvalue weighted by atomic mass is 10.1. The van der Waals surface area contributed by atoms with Crippen molar-refractivity contribution in [1.29, 1.82) is 0 Å². The van der Waals surface area contributed by atoms with Crippen molar-refractivity contribution in [2.45, 2.75) is 63.6 Å². The zero-order valence-electron chi connectivity index (χ0n) is 12.8. The van der Waals surface area contributed by atoms with E-state index >= 15 is 0 Å². The van der Waals surface area contributed by atoms with Crippen LogP contribution < -0.4 is 5.73 Å². The number of hydrogen-bond acceptors (Lipinski definition) is 3. The van der Waals surface area contributed by atoms with Crippen molar-refractivity contribution in [2.24, 2.45) is 5.73 Å². The van der Waals surface area contributed by atoms with Gasteiger partial charge >= 0.3 is 0 Å². The van der Waals surface area contributed by atoms with Gasteiger partial charge in [0.1, 0.15) is 0 Å². The van der Waals surface area contributed by atoms with Crippen LogP contribution in [0.25, 0.3) is 0 Å². The van der Waals surface area contributed by atoms with E-state index in [9.17, 15) is 8.42 Å². The third kappa shape index (κ3) is 3.04. The summed E-state index contributed by atoms with van der Waals surface area (Å²) in [6, 6.07) is 3.76. The van der Waals surface area contributed by atoms with Gasteiger partial charge in [0.05, 0.1) is 4.90 Å².